The number of carbonyl (C=O) groups is 2. The average Bonchev–Trinajstić information content (AvgIpc) is 2.72. The molecule has 0 radical (unpaired) electrons. The lowest BCUT2D eigenvalue weighted by atomic mass is 10.0. The largest absolute Gasteiger partial charge is 0.481 e. The Morgan fingerprint density at radius 2 is 2.18 bits per heavy atom. The van der Waals surface area contributed by atoms with Gasteiger partial charge in [-0.1, -0.05) is 0 Å². The summed E-state index contributed by atoms with van der Waals surface area (Å²) in [5.41, 5.74) is 0. The lowest BCUT2D eigenvalue weighted by Gasteiger charge is -2.15. The van der Waals surface area contributed by atoms with Crippen molar-refractivity contribution in [2.45, 2.75) is 31.7 Å². The first-order chi connectivity index (χ1) is 8.15. The van der Waals surface area contributed by atoms with Gasteiger partial charge in [0.05, 0.1) is 19.3 Å². The number of terminal acetylenes is 1. The van der Waals surface area contributed by atoms with Crippen LogP contribution in [0.15, 0.2) is 0 Å². The molecule has 1 saturated heterocycles. The van der Waals surface area contributed by atoms with Gasteiger partial charge in [-0.05, 0) is 12.8 Å². The van der Waals surface area contributed by atoms with E-state index in [-0.39, 0.29) is 19.1 Å². The smallest absolute Gasteiger partial charge is 0.311 e. The molecular weight excluding hydrogens is 222 g/mol. The number of rotatable bonds is 6. The van der Waals surface area contributed by atoms with E-state index >= 15 is 0 Å². The minimum absolute atomic E-state index is 0.135. The fraction of sp³-hybridized carbons (Fsp3) is 0.667. The summed E-state index contributed by atoms with van der Waals surface area (Å²) in [5, 5.41) is 11.6. The van der Waals surface area contributed by atoms with Gasteiger partial charge in [0.2, 0.25) is 5.91 Å². The average molecular weight is 239 g/mol. The van der Waals surface area contributed by atoms with Crippen LogP contribution in [0.5, 0.6) is 0 Å². The van der Waals surface area contributed by atoms with Gasteiger partial charge in [-0.15, -0.1) is 12.3 Å². The highest BCUT2D eigenvalue weighted by Gasteiger charge is 2.34. The Morgan fingerprint density at radius 3 is 2.82 bits per heavy atom. The van der Waals surface area contributed by atoms with Gasteiger partial charge in [-0.3, -0.25) is 9.59 Å². The third-order valence-corrected chi connectivity index (χ3v) is 2.72. The molecule has 0 aromatic carbocycles. The minimum Gasteiger partial charge on any atom is -0.481 e. The standard InChI is InChI=1S/C12H17NO4/c1-2-3-4-5-6-11(14)13-10-8-17-7-9(10)12(15)16/h1,9-10H,3-8H2,(H,13,14)(H,15,16). The molecular formula is C12H17NO4. The Balaban J connectivity index is 2.26. The summed E-state index contributed by atoms with van der Waals surface area (Å²) in [5.74, 6) is 0.807. The molecule has 0 aromatic heterocycles. The van der Waals surface area contributed by atoms with Crippen molar-refractivity contribution in [2.24, 2.45) is 5.92 Å². The number of hydrogen-bond acceptors (Lipinski definition) is 3. The zero-order valence-electron chi connectivity index (χ0n) is 9.65. The number of unbranched alkanes of at least 4 members (excludes halogenated alkanes) is 2. The van der Waals surface area contributed by atoms with E-state index in [0.717, 1.165) is 12.8 Å². The molecule has 2 unspecified atom stereocenters. The summed E-state index contributed by atoms with van der Waals surface area (Å²) >= 11 is 0. The fourth-order valence-corrected chi connectivity index (χ4v) is 1.73. The second kappa shape index (κ2) is 6.92. The van der Waals surface area contributed by atoms with Crippen LogP contribution in [0.4, 0.5) is 0 Å². The van der Waals surface area contributed by atoms with Gasteiger partial charge >= 0.3 is 5.97 Å². The number of hydrogen-bond donors (Lipinski definition) is 2. The molecule has 94 valence electrons. The summed E-state index contributed by atoms with van der Waals surface area (Å²) in [7, 11) is 0. The Labute approximate surface area is 101 Å². The Morgan fingerprint density at radius 1 is 1.41 bits per heavy atom. The third-order valence-electron chi connectivity index (χ3n) is 2.72. The molecule has 1 aliphatic heterocycles. The van der Waals surface area contributed by atoms with Gasteiger partial charge < -0.3 is 15.2 Å². The van der Waals surface area contributed by atoms with Crippen molar-refractivity contribution >= 4 is 11.9 Å². The molecule has 1 rings (SSSR count). The molecule has 1 fully saturated rings. The first-order valence-electron chi connectivity index (χ1n) is 5.68. The normalized spacial score (nSPS) is 23.0. The van der Waals surface area contributed by atoms with Crippen LogP contribution in [0.1, 0.15) is 25.7 Å². The van der Waals surface area contributed by atoms with Crippen LogP contribution < -0.4 is 5.32 Å². The van der Waals surface area contributed by atoms with Gasteiger partial charge in [0, 0.05) is 12.8 Å². The first-order valence-corrected chi connectivity index (χ1v) is 5.68. The number of amides is 1. The maximum atomic E-state index is 11.5. The van der Waals surface area contributed by atoms with Crippen LogP contribution in [0.3, 0.4) is 0 Å². The zero-order valence-corrected chi connectivity index (χ0v) is 9.65. The summed E-state index contributed by atoms with van der Waals surface area (Å²) < 4.78 is 5.05. The monoisotopic (exact) mass is 239 g/mol. The topological polar surface area (TPSA) is 75.6 Å². The summed E-state index contributed by atoms with van der Waals surface area (Å²) in [4.78, 5) is 22.4. The van der Waals surface area contributed by atoms with E-state index < -0.39 is 17.9 Å². The zero-order chi connectivity index (χ0) is 12.7. The molecule has 0 aliphatic carbocycles. The number of nitrogens with one attached hydrogen (secondary N) is 1. The number of carboxylic acids is 1. The van der Waals surface area contributed by atoms with E-state index in [1.165, 1.54) is 0 Å². The minimum atomic E-state index is -0.930. The highest BCUT2D eigenvalue weighted by atomic mass is 16.5. The number of carboxylic acid groups (broad SMARTS) is 1. The van der Waals surface area contributed by atoms with Crippen LogP contribution in [-0.2, 0) is 14.3 Å². The van der Waals surface area contributed by atoms with Gasteiger partial charge in [-0.25, -0.2) is 0 Å². The van der Waals surface area contributed by atoms with Crippen molar-refractivity contribution in [1.29, 1.82) is 0 Å². The van der Waals surface area contributed by atoms with Gasteiger partial charge in [0.15, 0.2) is 0 Å². The molecule has 0 bridgehead atoms. The molecule has 2 atom stereocenters. The lowest BCUT2D eigenvalue weighted by Crippen LogP contribution is -2.42. The summed E-state index contributed by atoms with van der Waals surface area (Å²) in [6.07, 6.45) is 7.68. The van der Waals surface area contributed by atoms with E-state index in [9.17, 15) is 9.59 Å². The highest BCUT2D eigenvalue weighted by molar-refractivity contribution is 5.78. The molecule has 0 spiro atoms. The highest BCUT2D eigenvalue weighted by Crippen LogP contribution is 2.14. The quantitative estimate of drug-likeness (QED) is 0.519. The predicted molar refractivity (Wildman–Crippen MR) is 61.2 cm³/mol. The third kappa shape index (κ3) is 4.45. The van der Waals surface area contributed by atoms with E-state index in [0.29, 0.717) is 12.8 Å². The second-order valence-electron chi connectivity index (χ2n) is 4.07. The molecule has 2 N–H and O–H groups in total. The molecule has 1 aliphatic rings. The van der Waals surface area contributed by atoms with Crippen LogP contribution in [-0.4, -0.2) is 36.2 Å². The maximum Gasteiger partial charge on any atom is 0.311 e. The van der Waals surface area contributed by atoms with Gasteiger partial charge in [0.1, 0.15) is 5.92 Å². The molecule has 1 amide bonds. The van der Waals surface area contributed by atoms with Crippen molar-refractivity contribution in [3.05, 3.63) is 0 Å². The molecule has 5 heteroatoms. The van der Waals surface area contributed by atoms with Gasteiger partial charge in [0.25, 0.3) is 0 Å². The van der Waals surface area contributed by atoms with E-state index in [1.54, 1.807) is 0 Å². The molecule has 5 nitrogen and oxygen atoms in total. The molecule has 0 saturated carbocycles. The predicted octanol–water partition coefficient (Wildman–Crippen LogP) is 0.396. The van der Waals surface area contributed by atoms with Crippen LogP contribution in [0.25, 0.3) is 0 Å². The SMILES string of the molecule is C#CCCCCC(=O)NC1COCC1C(=O)O. The Kier molecular flexibility index (Phi) is 5.50. The summed E-state index contributed by atoms with van der Waals surface area (Å²) in [6, 6.07) is -0.410. The fourth-order valence-electron chi connectivity index (χ4n) is 1.73. The van der Waals surface area contributed by atoms with E-state index in [1.807, 2.05) is 0 Å². The van der Waals surface area contributed by atoms with Crippen LogP contribution in [0, 0.1) is 18.3 Å². The molecule has 1 heterocycles. The van der Waals surface area contributed by atoms with Crippen molar-refractivity contribution in [1.82, 2.24) is 5.32 Å². The lowest BCUT2D eigenvalue weighted by molar-refractivity contribution is -0.142. The van der Waals surface area contributed by atoms with Gasteiger partial charge in [-0.2, -0.15) is 0 Å². The van der Waals surface area contributed by atoms with Crippen molar-refractivity contribution in [2.75, 3.05) is 13.2 Å². The molecule has 0 aromatic rings. The van der Waals surface area contributed by atoms with E-state index in [4.69, 9.17) is 16.3 Å². The van der Waals surface area contributed by atoms with E-state index in [2.05, 4.69) is 11.2 Å². The van der Waals surface area contributed by atoms with Crippen LogP contribution in [0.2, 0.25) is 0 Å². The maximum absolute atomic E-state index is 11.5. The Hall–Kier alpha value is -1.54. The van der Waals surface area contributed by atoms with Crippen molar-refractivity contribution < 1.29 is 19.4 Å². The van der Waals surface area contributed by atoms with Crippen molar-refractivity contribution in [3.63, 3.8) is 0 Å². The number of aliphatic carboxylic acids is 1. The second-order valence-corrected chi connectivity index (χ2v) is 4.07. The first kappa shape index (κ1) is 13.5. The molecule has 17 heavy (non-hydrogen) atoms. The summed E-state index contributed by atoms with van der Waals surface area (Å²) in [6.45, 7) is 0.435. The number of carbonyl (C=O) groups excluding carboxylic acids is 1. The van der Waals surface area contributed by atoms with Crippen LogP contribution >= 0.6 is 0 Å². The Bertz CT molecular complexity index is 321. The van der Waals surface area contributed by atoms with Crippen molar-refractivity contribution in [3.8, 4) is 12.3 Å². The number of ether oxygens (including phenoxy) is 1.